The lowest BCUT2D eigenvalue weighted by Crippen LogP contribution is -2.10. The van der Waals surface area contributed by atoms with Crippen LogP contribution in [0.3, 0.4) is 0 Å². The third-order valence-electron chi connectivity index (χ3n) is 3.77. The average Bonchev–Trinajstić information content (AvgIpc) is 3.06. The number of hydrogen-bond donors (Lipinski definition) is 1. The Labute approximate surface area is 144 Å². The molecule has 0 bridgehead atoms. The Kier molecular flexibility index (Phi) is 3.54. The second kappa shape index (κ2) is 5.63. The third-order valence-corrected chi connectivity index (χ3v) is 4.00. The molecule has 0 saturated carbocycles. The number of fused-ring (bicyclic) bond motifs is 3. The number of nitrogens with one attached hydrogen (secondary N) is 1. The van der Waals surface area contributed by atoms with Crippen LogP contribution in [0.25, 0.3) is 16.7 Å². The predicted octanol–water partition coefficient (Wildman–Crippen LogP) is 5.30. The van der Waals surface area contributed by atoms with Gasteiger partial charge in [0.25, 0.3) is 0 Å². The summed E-state index contributed by atoms with van der Waals surface area (Å²) in [5.41, 5.74) is 0.886. The van der Waals surface area contributed by atoms with Crippen molar-refractivity contribution >= 4 is 39.8 Å². The number of alkyl halides is 3. The van der Waals surface area contributed by atoms with Crippen molar-refractivity contribution in [2.45, 2.75) is 6.18 Å². The van der Waals surface area contributed by atoms with Crippen LogP contribution in [0.15, 0.2) is 54.9 Å². The van der Waals surface area contributed by atoms with Gasteiger partial charge in [0.05, 0.1) is 22.3 Å². The van der Waals surface area contributed by atoms with Gasteiger partial charge in [-0.25, -0.2) is 9.97 Å². The molecular weight excluding hydrogens is 353 g/mol. The van der Waals surface area contributed by atoms with Crippen LogP contribution in [0.5, 0.6) is 0 Å². The maximum atomic E-state index is 13.3. The van der Waals surface area contributed by atoms with E-state index in [0.717, 1.165) is 11.6 Å². The maximum Gasteiger partial charge on any atom is 0.418 e. The van der Waals surface area contributed by atoms with E-state index in [1.54, 1.807) is 22.9 Å². The lowest BCUT2D eigenvalue weighted by Gasteiger charge is -2.15. The van der Waals surface area contributed by atoms with Crippen LogP contribution in [-0.2, 0) is 6.18 Å². The van der Waals surface area contributed by atoms with E-state index < -0.39 is 11.7 Å². The monoisotopic (exact) mass is 362 g/mol. The highest BCUT2D eigenvalue weighted by Crippen LogP contribution is 2.38. The quantitative estimate of drug-likeness (QED) is 0.526. The van der Waals surface area contributed by atoms with E-state index >= 15 is 0 Å². The first kappa shape index (κ1) is 15.7. The Bertz CT molecular complexity index is 1090. The van der Waals surface area contributed by atoms with Crippen molar-refractivity contribution in [1.29, 1.82) is 0 Å². The summed E-state index contributed by atoms with van der Waals surface area (Å²) in [6, 6.07) is 10.9. The molecule has 0 radical (unpaired) electrons. The number of anilines is 2. The minimum Gasteiger partial charge on any atom is -0.337 e. The molecule has 126 valence electrons. The molecule has 2 aromatic carbocycles. The largest absolute Gasteiger partial charge is 0.418 e. The zero-order chi connectivity index (χ0) is 17.6. The number of halogens is 4. The van der Waals surface area contributed by atoms with Gasteiger partial charge in [-0.15, -0.1) is 0 Å². The summed E-state index contributed by atoms with van der Waals surface area (Å²) >= 11 is 5.72. The van der Waals surface area contributed by atoms with Crippen LogP contribution in [0.1, 0.15) is 5.56 Å². The van der Waals surface area contributed by atoms with Crippen LogP contribution >= 0.6 is 11.6 Å². The standard InChI is InChI=1S/C17H10ClF3N4/c18-10-5-6-12(11(9-10)17(19,20)21)23-15-16-22-7-8-25(16)14-4-2-1-3-13(14)24-15/h1-9H,(H,23,24). The molecule has 0 aliphatic carbocycles. The third kappa shape index (κ3) is 2.76. The molecule has 4 aromatic rings. The van der Waals surface area contributed by atoms with Crippen LogP contribution in [-0.4, -0.2) is 14.4 Å². The lowest BCUT2D eigenvalue weighted by molar-refractivity contribution is -0.136. The molecule has 0 spiro atoms. The first-order valence-electron chi connectivity index (χ1n) is 7.29. The summed E-state index contributed by atoms with van der Waals surface area (Å²) < 4.78 is 41.7. The number of hydrogen-bond acceptors (Lipinski definition) is 3. The van der Waals surface area contributed by atoms with Gasteiger partial charge in [0, 0.05) is 17.4 Å². The SMILES string of the molecule is FC(F)(F)c1cc(Cl)ccc1Nc1nc2ccccc2n2ccnc12. The highest BCUT2D eigenvalue weighted by Gasteiger charge is 2.34. The Balaban J connectivity index is 1.90. The maximum absolute atomic E-state index is 13.3. The molecule has 2 aromatic heterocycles. The van der Waals surface area contributed by atoms with E-state index in [1.807, 2.05) is 18.2 Å². The average molecular weight is 363 g/mol. The van der Waals surface area contributed by atoms with Crippen molar-refractivity contribution in [3.8, 4) is 0 Å². The molecule has 1 N–H and O–H groups in total. The van der Waals surface area contributed by atoms with E-state index in [1.165, 1.54) is 12.1 Å². The van der Waals surface area contributed by atoms with Gasteiger partial charge in [0.1, 0.15) is 0 Å². The van der Waals surface area contributed by atoms with Crippen LogP contribution in [0, 0.1) is 0 Å². The molecule has 8 heteroatoms. The number of nitrogens with zero attached hydrogens (tertiary/aromatic N) is 3. The summed E-state index contributed by atoms with van der Waals surface area (Å²) in [6.07, 6.45) is -1.24. The van der Waals surface area contributed by atoms with Crippen molar-refractivity contribution in [3.05, 3.63) is 65.4 Å². The summed E-state index contributed by atoms with van der Waals surface area (Å²) in [5, 5.41) is 2.76. The Morgan fingerprint density at radius 2 is 1.88 bits per heavy atom. The zero-order valence-electron chi connectivity index (χ0n) is 12.5. The van der Waals surface area contributed by atoms with Gasteiger partial charge < -0.3 is 5.32 Å². The second-order valence-corrected chi connectivity index (χ2v) is 5.82. The molecule has 0 amide bonds. The number of benzene rings is 2. The van der Waals surface area contributed by atoms with Gasteiger partial charge in [0.2, 0.25) is 0 Å². The summed E-state index contributed by atoms with van der Waals surface area (Å²) in [6.45, 7) is 0. The Morgan fingerprint density at radius 3 is 2.68 bits per heavy atom. The second-order valence-electron chi connectivity index (χ2n) is 5.38. The van der Waals surface area contributed by atoms with Gasteiger partial charge in [-0.2, -0.15) is 13.2 Å². The first-order chi connectivity index (χ1) is 11.9. The van der Waals surface area contributed by atoms with Gasteiger partial charge >= 0.3 is 6.18 Å². The van der Waals surface area contributed by atoms with Crippen molar-refractivity contribution in [2.24, 2.45) is 0 Å². The van der Waals surface area contributed by atoms with Gasteiger partial charge in [-0.3, -0.25) is 4.40 Å². The molecule has 4 rings (SSSR count). The van der Waals surface area contributed by atoms with Crippen LogP contribution < -0.4 is 5.32 Å². The first-order valence-corrected chi connectivity index (χ1v) is 7.67. The Hall–Kier alpha value is -2.80. The summed E-state index contributed by atoms with van der Waals surface area (Å²) in [5.74, 6) is 0.233. The van der Waals surface area contributed by atoms with E-state index in [9.17, 15) is 13.2 Å². The van der Waals surface area contributed by atoms with E-state index in [-0.39, 0.29) is 16.5 Å². The molecule has 0 aliphatic heterocycles. The number of imidazole rings is 1. The Morgan fingerprint density at radius 1 is 1.08 bits per heavy atom. The highest BCUT2D eigenvalue weighted by atomic mass is 35.5. The van der Waals surface area contributed by atoms with E-state index in [2.05, 4.69) is 15.3 Å². The molecular formula is C17H10ClF3N4. The van der Waals surface area contributed by atoms with Crippen molar-refractivity contribution in [3.63, 3.8) is 0 Å². The molecule has 0 fully saturated rings. The smallest absolute Gasteiger partial charge is 0.337 e. The minimum absolute atomic E-state index is 0.00954. The molecule has 0 unspecified atom stereocenters. The van der Waals surface area contributed by atoms with Crippen LogP contribution in [0.4, 0.5) is 24.7 Å². The number of aromatic nitrogens is 3. The molecule has 25 heavy (non-hydrogen) atoms. The van der Waals surface area contributed by atoms with Gasteiger partial charge in [-0.1, -0.05) is 23.7 Å². The van der Waals surface area contributed by atoms with Crippen molar-refractivity contribution in [2.75, 3.05) is 5.32 Å². The van der Waals surface area contributed by atoms with Gasteiger partial charge in [0.15, 0.2) is 11.5 Å². The fourth-order valence-electron chi connectivity index (χ4n) is 2.68. The fourth-order valence-corrected chi connectivity index (χ4v) is 2.85. The molecule has 0 atom stereocenters. The summed E-state index contributed by atoms with van der Waals surface area (Å²) in [4.78, 5) is 8.63. The summed E-state index contributed by atoms with van der Waals surface area (Å²) in [7, 11) is 0. The molecule has 0 saturated heterocycles. The predicted molar refractivity (Wildman–Crippen MR) is 90.2 cm³/mol. The number of para-hydroxylation sites is 2. The fraction of sp³-hybridized carbons (Fsp3) is 0.0588. The van der Waals surface area contributed by atoms with E-state index in [4.69, 9.17) is 11.6 Å². The van der Waals surface area contributed by atoms with Crippen molar-refractivity contribution in [1.82, 2.24) is 14.4 Å². The topological polar surface area (TPSA) is 42.2 Å². The molecule has 0 aliphatic rings. The zero-order valence-corrected chi connectivity index (χ0v) is 13.3. The van der Waals surface area contributed by atoms with Crippen LogP contribution in [0.2, 0.25) is 5.02 Å². The minimum atomic E-state index is -4.55. The normalized spacial score (nSPS) is 12.0. The van der Waals surface area contributed by atoms with E-state index in [0.29, 0.717) is 11.2 Å². The van der Waals surface area contributed by atoms with Crippen molar-refractivity contribution < 1.29 is 13.2 Å². The highest BCUT2D eigenvalue weighted by molar-refractivity contribution is 6.30. The molecule has 4 nitrogen and oxygen atoms in total. The molecule has 2 heterocycles. The number of rotatable bonds is 2. The van der Waals surface area contributed by atoms with Gasteiger partial charge in [-0.05, 0) is 30.3 Å². The lowest BCUT2D eigenvalue weighted by atomic mass is 10.1.